The van der Waals surface area contributed by atoms with Gasteiger partial charge in [0.05, 0.1) is 11.4 Å². The molecule has 0 spiro atoms. The molecule has 0 bridgehead atoms. The number of aliphatic imine (C=N–C) groups is 1. The summed E-state index contributed by atoms with van der Waals surface area (Å²) in [6.07, 6.45) is 4.36. The zero-order valence-corrected chi connectivity index (χ0v) is 24.2. The van der Waals surface area contributed by atoms with E-state index in [-0.39, 0.29) is 0 Å². The van der Waals surface area contributed by atoms with Crippen molar-refractivity contribution in [2.24, 2.45) is 4.99 Å². The quantitative estimate of drug-likeness (QED) is 0.290. The van der Waals surface area contributed by atoms with Crippen LogP contribution in [0.3, 0.4) is 0 Å². The molecular weight excluding hydrogens is 460 g/mol. The van der Waals surface area contributed by atoms with Crippen LogP contribution in [0.15, 0.2) is 71.4 Å². The minimum Gasteiger partial charge on any atom is -0.354 e. The van der Waals surface area contributed by atoms with Crippen LogP contribution in [0.5, 0.6) is 0 Å². The largest absolute Gasteiger partial charge is 0.354 e. The summed E-state index contributed by atoms with van der Waals surface area (Å²) < 4.78 is 0. The zero-order chi connectivity index (χ0) is 27.3. The van der Waals surface area contributed by atoms with Crippen molar-refractivity contribution in [1.29, 1.82) is 0 Å². The van der Waals surface area contributed by atoms with Crippen LogP contribution in [-0.2, 0) is 0 Å². The van der Waals surface area contributed by atoms with Crippen LogP contribution in [0, 0.1) is 62.3 Å². The van der Waals surface area contributed by atoms with Crippen LogP contribution in [0.25, 0.3) is 16.8 Å². The number of aromatic amines is 1. The molecule has 2 nitrogen and oxygen atoms in total. The Hall–Kier alpha value is -3.91. The van der Waals surface area contributed by atoms with E-state index in [0.717, 1.165) is 28.4 Å². The molecule has 2 heterocycles. The molecule has 0 fully saturated rings. The van der Waals surface area contributed by atoms with E-state index in [4.69, 9.17) is 4.99 Å². The molecule has 0 aliphatic carbocycles. The summed E-state index contributed by atoms with van der Waals surface area (Å²) >= 11 is 0. The Morgan fingerprint density at radius 1 is 0.553 bits per heavy atom. The van der Waals surface area contributed by atoms with Crippen LogP contribution in [-0.4, -0.2) is 10.7 Å². The van der Waals surface area contributed by atoms with Gasteiger partial charge in [0.2, 0.25) is 0 Å². The van der Waals surface area contributed by atoms with Gasteiger partial charge in [0, 0.05) is 28.1 Å². The third-order valence-electron chi connectivity index (χ3n) is 7.66. The fourth-order valence-corrected chi connectivity index (χ4v) is 6.49. The van der Waals surface area contributed by atoms with Crippen LogP contribution in [0.2, 0.25) is 0 Å². The molecule has 0 atom stereocenters. The zero-order valence-electron chi connectivity index (χ0n) is 24.2. The number of nitrogens with one attached hydrogen (secondary N) is 1. The minimum absolute atomic E-state index is 1.00. The Bertz CT molecular complexity index is 1620. The van der Waals surface area contributed by atoms with Crippen molar-refractivity contribution in [1.82, 2.24) is 4.98 Å². The second-order valence-corrected chi connectivity index (χ2v) is 11.2. The molecule has 0 radical (unpaired) electrons. The second kappa shape index (κ2) is 9.76. The Morgan fingerprint density at radius 3 is 1.55 bits per heavy atom. The smallest absolute Gasteiger partial charge is 0.0737 e. The van der Waals surface area contributed by atoms with Crippen molar-refractivity contribution >= 4 is 11.3 Å². The summed E-state index contributed by atoms with van der Waals surface area (Å²) in [7, 11) is 0. The topological polar surface area (TPSA) is 28.1 Å². The molecule has 4 aromatic rings. The van der Waals surface area contributed by atoms with Gasteiger partial charge in [0.25, 0.3) is 0 Å². The average molecular weight is 499 g/mol. The number of hydrogen-bond donors (Lipinski definition) is 1. The lowest BCUT2D eigenvalue weighted by molar-refractivity contribution is 1.24. The lowest BCUT2D eigenvalue weighted by Gasteiger charge is -2.16. The highest BCUT2D eigenvalue weighted by atomic mass is 14.8. The summed E-state index contributed by atoms with van der Waals surface area (Å²) in [6, 6.07) is 18.0. The maximum absolute atomic E-state index is 5.26. The lowest BCUT2D eigenvalue weighted by Crippen LogP contribution is -2.02. The van der Waals surface area contributed by atoms with Crippen LogP contribution >= 0.6 is 0 Å². The predicted octanol–water partition coefficient (Wildman–Crippen LogP) is 9.28. The van der Waals surface area contributed by atoms with E-state index in [1.54, 1.807) is 0 Å². The Kier molecular flexibility index (Phi) is 6.61. The third kappa shape index (κ3) is 4.60. The molecule has 5 rings (SSSR count). The molecule has 192 valence electrons. The number of aromatic nitrogens is 1. The number of nitrogens with zero attached hydrogens (tertiary/aromatic N) is 1. The highest BCUT2D eigenvalue weighted by Gasteiger charge is 2.22. The maximum atomic E-state index is 5.26. The number of allylic oxidation sites excluding steroid dienone is 2. The molecule has 3 aromatic carbocycles. The normalized spacial score (nSPS) is 14.3. The van der Waals surface area contributed by atoms with Crippen LogP contribution < -0.4 is 0 Å². The van der Waals surface area contributed by atoms with Crippen molar-refractivity contribution in [3.63, 3.8) is 0 Å². The third-order valence-corrected chi connectivity index (χ3v) is 7.66. The van der Waals surface area contributed by atoms with E-state index in [1.165, 1.54) is 66.8 Å². The van der Waals surface area contributed by atoms with Crippen molar-refractivity contribution < 1.29 is 0 Å². The Morgan fingerprint density at radius 2 is 1.03 bits per heavy atom. The highest BCUT2D eigenvalue weighted by Crippen LogP contribution is 2.37. The molecule has 1 aliphatic rings. The Balaban J connectivity index is 1.74. The molecule has 0 saturated heterocycles. The van der Waals surface area contributed by atoms with Crippen LogP contribution in [0.4, 0.5) is 0 Å². The van der Waals surface area contributed by atoms with E-state index < -0.39 is 0 Å². The number of rotatable bonds is 4. The van der Waals surface area contributed by atoms with E-state index >= 15 is 0 Å². The average Bonchev–Trinajstić information content (AvgIpc) is 3.45. The summed E-state index contributed by atoms with van der Waals surface area (Å²) in [5.41, 5.74) is 20.7. The van der Waals surface area contributed by atoms with Crippen LogP contribution in [0.1, 0.15) is 66.9 Å². The first-order valence-corrected chi connectivity index (χ1v) is 13.5. The maximum Gasteiger partial charge on any atom is 0.0737 e. The highest BCUT2D eigenvalue weighted by molar-refractivity contribution is 6.14. The molecule has 1 aliphatic heterocycles. The molecule has 1 aromatic heterocycles. The summed E-state index contributed by atoms with van der Waals surface area (Å²) in [4.78, 5) is 9.06. The summed E-state index contributed by atoms with van der Waals surface area (Å²) in [6.45, 7) is 19.7. The number of hydrogen-bond acceptors (Lipinski definition) is 1. The standard InChI is InChI=1S/C36H38N2/c1-20-14-23(4)33(24(5)15-20)29-10-12-31(37-29)36(35-27(8)18-22(3)19-28(35)9)32-13-11-30(38-32)34-25(6)16-21(2)17-26(34)7/h10-19,37H,1-9H3/b36-32+. The van der Waals surface area contributed by atoms with Crippen molar-refractivity contribution in [3.05, 3.63) is 133 Å². The molecule has 0 unspecified atom stereocenters. The van der Waals surface area contributed by atoms with Crippen molar-refractivity contribution in [3.8, 4) is 11.3 Å². The second-order valence-electron chi connectivity index (χ2n) is 11.2. The van der Waals surface area contributed by atoms with Gasteiger partial charge in [-0.05, 0) is 126 Å². The van der Waals surface area contributed by atoms with Crippen molar-refractivity contribution in [2.45, 2.75) is 62.3 Å². The number of benzene rings is 3. The molecule has 38 heavy (non-hydrogen) atoms. The summed E-state index contributed by atoms with van der Waals surface area (Å²) in [5.74, 6) is 0. The fourth-order valence-electron chi connectivity index (χ4n) is 6.49. The molecule has 1 N–H and O–H groups in total. The molecule has 0 amide bonds. The fraction of sp³-hybridized carbons (Fsp3) is 0.250. The minimum atomic E-state index is 1.00. The van der Waals surface area contributed by atoms with E-state index in [0.29, 0.717) is 0 Å². The van der Waals surface area contributed by atoms with Gasteiger partial charge in [-0.2, -0.15) is 0 Å². The van der Waals surface area contributed by atoms with Gasteiger partial charge < -0.3 is 4.98 Å². The monoisotopic (exact) mass is 498 g/mol. The number of aryl methyl sites for hydroxylation is 9. The first-order valence-electron chi connectivity index (χ1n) is 13.5. The Labute approximate surface area is 227 Å². The molecule has 0 saturated carbocycles. The SMILES string of the molecule is Cc1cc(C)c(C2=N/C(=C(\c3ccc(-c4c(C)cc(C)cc4C)[nH]3)c3c(C)cc(C)cc3C)C=C2)c(C)c1. The van der Waals surface area contributed by atoms with E-state index in [2.05, 4.69) is 128 Å². The van der Waals surface area contributed by atoms with Gasteiger partial charge in [-0.15, -0.1) is 0 Å². The number of H-pyrrole nitrogens is 1. The first-order chi connectivity index (χ1) is 18.0. The first kappa shape index (κ1) is 25.7. The van der Waals surface area contributed by atoms with Gasteiger partial charge in [-0.1, -0.05) is 53.1 Å². The van der Waals surface area contributed by atoms with Gasteiger partial charge in [0.15, 0.2) is 0 Å². The molecule has 2 heteroatoms. The van der Waals surface area contributed by atoms with Crippen molar-refractivity contribution in [2.75, 3.05) is 0 Å². The van der Waals surface area contributed by atoms with Gasteiger partial charge in [0.1, 0.15) is 0 Å². The van der Waals surface area contributed by atoms with Gasteiger partial charge >= 0.3 is 0 Å². The molecular formula is C36H38N2. The lowest BCUT2D eigenvalue weighted by atomic mass is 9.91. The van der Waals surface area contributed by atoms with Gasteiger partial charge in [-0.3, -0.25) is 0 Å². The summed E-state index contributed by atoms with van der Waals surface area (Å²) in [5, 5.41) is 0. The van der Waals surface area contributed by atoms with E-state index in [9.17, 15) is 0 Å². The predicted molar refractivity (Wildman–Crippen MR) is 163 cm³/mol. The van der Waals surface area contributed by atoms with Gasteiger partial charge in [-0.25, -0.2) is 4.99 Å². The van der Waals surface area contributed by atoms with E-state index in [1.807, 2.05) is 0 Å².